The van der Waals surface area contributed by atoms with Crippen LogP contribution in [0.2, 0.25) is 0 Å². The van der Waals surface area contributed by atoms with Gasteiger partial charge in [-0.2, -0.15) is 0 Å². The molecule has 0 saturated heterocycles. The van der Waals surface area contributed by atoms with Gasteiger partial charge in [-0.3, -0.25) is 4.79 Å². The van der Waals surface area contributed by atoms with Crippen molar-refractivity contribution in [2.24, 2.45) is 5.16 Å². The van der Waals surface area contributed by atoms with Gasteiger partial charge in [0.15, 0.2) is 0 Å². The summed E-state index contributed by atoms with van der Waals surface area (Å²) >= 11 is 1.55. The Morgan fingerprint density at radius 3 is 2.88 bits per heavy atom. The maximum atomic E-state index is 12.6. The van der Waals surface area contributed by atoms with Gasteiger partial charge in [-0.25, -0.2) is 4.98 Å². The fraction of sp³-hybridized carbons (Fsp3) is 0.389. The van der Waals surface area contributed by atoms with Crippen molar-refractivity contribution < 1.29 is 9.63 Å². The first-order valence-corrected chi connectivity index (χ1v) is 8.94. The zero-order valence-electron chi connectivity index (χ0n) is 13.9. The zero-order valence-corrected chi connectivity index (χ0v) is 14.7. The third-order valence-electron chi connectivity index (χ3n) is 4.29. The van der Waals surface area contributed by atoms with E-state index in [-0.39, 0.29) is 11.9 Å². The summed E-state index contributed by atoms with van der Waals surface area (Å²) in [4.78, 5) is 24.0. The molecule has 3 rings (SSSR count). The van der Waals surface area contributed by atoms with Gasteiger partial charge in [0, 0.05) is 25.0 Å². The number of amides is 1. The third-order valence-corrected chi connectivity index (χ3v) is 5.23. The average molecular weight is 343 g/mol. The van der Waals surface area contributed by atoms with E-state index in [1.165, 1.54) is 5.56 Å². The molecule has 2 atom stereocenters. The molecule has 126 valence electrons. The van der Waals surface area contributed by atoms with E-state index in [0.29, 0.717) is 6.42 Å². The smallest absolute Gasteiger partial charge is 0.267 e. The molecular formula is C18H21N3O2S. The molecule has 0 spiro atoms. The van der Waals surface area contributed by atoms with Crippen molar-refractivity contribution in [3.8, 4) is 0 Å². The van der Waals surface area contributed by atoms with Crippen molar-refractivity contribution in [3.05, 3.63) is 52.5 Å². The normalized spacial score (nSPS) is 17.9. The number of thiazole rings is 1. The van der Waals surface area contributed by atoms with Crippen molar-refractivity contribution in [2.75, 3.05) is 7.05 Å². The minimum Gasteiger partial charge on any atom is -0.382 e. The number of carbonyl (C=O) groups excluding carboxylic acids is 1. The number of hydrogen-bond acceptors (Lipinski definition) is 5. The maximum Gasteiger partial charge on any atom is 0.267 e. The van der Waals surface area contributed by atoms with Crippen LogP contribution in [0.5, 0.6) is 0 Å². The summed E-state index contributed by atoms with van der Waals surface area (Å²) in [5.41, 5.74) is 2.22. The monoisotopic (exact) mass is 343 g/mol. The number of hydrogen-bond donors (Lipinski definition) is 0. The van der Waals surface area contributed by atoms with Gasteiger partial charge in [-0.1, -0.05) is 35.5 Å². The number of rotatable bonds is 6. The molecule has 2 heterocycles. The molecule has 2 aromatic rings. The predicted molar refractivity (Wildman–Crippen MR) is 95.0 cm³/mol. The molecular weight excluding hydrogens is 322 g/mol. The van der Waals surface area contributed by atoms with E-state index < -0.39 is 6.10 Å². The number of nitrogens with zero attached hydrogens (tertiary/aromatic N) is 3. The molecule has 0 radical (unpaired) electrons. The summed E-state index contributed by atoms with van der Waals surface area (Å²) in [5, 5.41) is 6.96. The van der Waals surface area contributed by atoms with Crippen LogP contribution in [0.4, 0.5) is 0 Å². The van der Waals surface area contributed by atoms with E-state index in [1.807, 2.05) is 30.5 Å². The first kappa shape index (κ1) is 16.6. The average Bonchev–Trinajstić information content (AvgIpc) is 3.30. The molecule has 0 fully saturated rings. The molecule has 0 bridgehead atoms. The summed E-state index contributed by atoms with van der Waals surface area (Å²) in [6, 6.07) is 10.2. The van der Waals surface area contributed by atoms with Crippen molar-refractivity contribution >= 4 is 23.0 Å². The highest BCUT2D eigenvalue weighted by Gasteiger charge is 2.32. The van der Waals surface area contributed by atoms with Gasteiger partial charge >= 0.3 is 0 Å². The largest absolute Gasteiger partial charge is 0.382 e. The van der Waals surface area contributed by atoms with E-state index in [4.69, 9.17) is 4.84 Å². The molecule has 1 aromatic heterocycles. The van der Waals surface area contributed by atoms with Crippen molar-refractivity contribution in [1.82, 2.24) is 9.88 Å². The lowest BCUT2D eigenvalue weighted by atomic mass is 10.0. The van der Waals surface area contributed by atoms with Crippen molar-refractivity contribution in [1.29, 1.82) is 0 Å². The summed E-state index contributed by atoms with van der Waals surface area (Å²) < 4.78 is 0. The number of aromatic nitrogens is 1. The first-order valence-electron chi connectivity index (χ1n) is 8.06. The molecule has 1 aliphatic rings. The number of likely N-dealkylation sites (N-methyl/N-ethyl adjacent to an activating group) is 1. The molecule has 0 aliphatic carbocycles. The Bertz CT molecular complexity index is 700. The van der Waals surface area contributed by atoms with Crippen LogP contribution in [0.25, 0.3) is 0 Å². The van der Waals surface area contributed by atoms with E-state index in [0.717, 1.165) is 23.6 Å². The van der Waals surface area contributed by atoms with E-state index in [2.05, 4.69) is 22.3 Å². The Morgan fingerprint density at radius 1 is 1.38 bits per heavy atom. The number of carbonyl (C=O) groups is 1. The minimum absolute atomic E-state index is 0.0452. The van der Waals surface area contributed by atoms with Gasteiger partial charge in [0.05, 0.1) is 11.8 Å². The molecule has 1 amide bonds. The maximum absolute atomic E-state index is 12.6. The van der Waals surface area contributed by atoms with E-state index in [9.17, 15) is 4.79 Å². The standard InChI is InChI=1S/C18H21N3O2S/c1-13(17-19-10-11-24-17)21(2)18(22)16-12-15(20-23-16)9-8-14-6-4-3-5-7-14/h3-7,10-11,13,16H,8-9,12H2,1-2H3/t13-,16+/m1/s1. The fourth-order valence-electron chi connectivity index (χ4n) is 2.66. The quantitative estimate of drug-likeness (QED) is 0.807. The highest BCUT2D eigenvalue weighted by atomic mass is 32.1. The van der Waals surface area contributed by atoms with Gasteiger partial charge in [0.2, 0.25) is 6.10 Å². The van der Waals surface area contributed by atoms with Crippen LogP contribution in [0.3, 0.4) is 0 Å². The number of oxime groups is 1. The summed E-state index contributed by atoms with van der Waals surface area (Å²) in [6.07, 6.45) is 3.55. The van der Waals surface area contributed by atoms with Crippen LogP contribution in [-0.4, -0.2) is 34.7 Å². The predicted octanol–water partition coefficient (Wildman–Crippen LogP) is 3.44. The van der Waals surface area contributed by atoms with Gasteiger partial charge in [0.1, 0.15) is 5.01 Å². The lowest BCUT2D eigenvalue weighted by Crippen LogP contribution is -2.38. The van der Waals surface area contributed by atoms with Crippen LogP contribution in [0, 0.1) is 0 Å². The highest BCUT2D eigenvalue weighted by Crippen LogP contribution is 2.24. The zero-order chi connectivity index (χ0) is 16.9. The Labute approximate surface area is 146 Å². The SMILES string of the molecule is C[C@H](c1nccs1)N(C)C(=O)[C@@H]1CC(CCc2ccccc2)=NO1. The molecule has 0 saturated carbocycles. The van der Waals surface area contributed by atoms with Gasteiger partial charge < -0.3 is 9.74 Å². The Morgan fingerprint density at radius 2 is 2.17 bits per heavy atom. The van der Waals surface area contributed by atoms with E-state index in [1.54, 1.807) is 29.5 Å². The van der Waals surface area contributed by atoms with Crippen molar-refractivity contribution in [2.45, 2.75) is 38.3 Å². The van der Waals surface area contributed by atoms with Crippen LogP contribution < -0.4 is 0 Å². The molecule has 1 aliphatic heterocycles. The van der Waals surface area contributed by atoms with Crippen LogP contribution in [-0.2, 0) is 16.1 Å². The minimum atomic E-state index is -0.511. The molecule has 0 N–H and O–H groups in total. The van der Waals surface area contributed by atoms with Gasteiger partial charge in [0.25, 0.3) is 5.91 Å². The number of aryl methyl sites for hydroxylation is 1. The second kappa shape index (κ2) is 7.57. The lowest BCUT2D eigenvalue weighted by molar-refractivity contribution is -0.142. The van der Waals surface area contributed by atoms with Gasteiger partial charge in [-0.15, -0.1) is 11.3 Å². The molecule has 6 heteroatoms. The van der Waals surface area contributed by atoms with Gasteiger partial charge in [-0.05, 0) is 25.3 Å². The Kier molecular flexibility index (Phi) is 5.25. The van der Waals surface area contributed by atoms with Crippen molar-refractivity contribution in [3.63, 3.8) is 0 Å². The lowest BCUT2D eigenvalue weighted by Gasteiger charge is -2.25. The summed E-state index contributed by atoms with van der Waals surface area (Å²) in [7, 11) is 1.79. The second-order valence-electron chi connectivity index (χ2n) is 5.94. The van der Waals surface area contributed by atoms with Crippen LogP contribution in [0.1, 0.15) is 36.4 Å². The first-order chi connectivity index (χ1) is 11.6. The number of benzene rings is 1. The Balaban J connectivity index is 1.51. The molecule has 24 heavy (non-hydrogen) atoms. The summed E-state index contributed by atoms with van der Waals surface area (Å²) in [6.45, 7) is 1.98. The molecule has 0 unspecified atom stereocenters. The van der Waals surface area contributed by atoms with Crippen LogP contribution >= 0.6 is 11.3 Å². The Hall–Kier alpha value is -2.21. The topological polar surface area (TPSA) is 54.8 Å². The second-order valence-corrected chi connectivity index (χ2v) is 6.86. The summed E-state index contributed by atoms with van der Waals surface area (Å²) in [5.74, 6) is -0.0452. The third kappa shape index (κ3) is 3.82. The van der Waals surface area contributed by atoms with E-state index >= 15 is 0 Å². The van der Waals surface area contributed by atoms with Crippen LogP contribution in [0.15, 0.2) is 47.1 Å². The fourth-order valence-corrected chi connectivity index (χ4v) is 3.40. The molecule has 1 aromatic carbocycles. The molecule has 5 nitrogen and oxygen atoms in total. The highest BCUT2D eigenvalue weighted by molar-refractivity contribution is 7.09.